The van der Waals surface area contributed by atoms with E-state index in [2.05, 4.69) is 4.74 Å². The van der Waals surface area contributed by atoms with Gasteiger partial charge in [-0.25, -0.2) is 14.0 Å². The van der Waals surface area contributed by atoms with E-state index in [-0.39, 0.29) is 11.3 Å². The van der Waals surface area contributed by atoms with Gasteiger partial charge in [0.05, 0.1) is 7.11 Å². The van der Waals surface area contributed by atoms with Gasteiger partial charge in [-0.3, -0.25) is 0 Å². The van der Waals surface area contributed by atoms with Crippen molar-refractivity contribution in [2.45, 2.75) is 19.6 Å². The van der Waals surface area contributed by atoms with Gasteiger partial charge in [0.2, 0.25) is 5.82 Å². The molecule has 1 aromatic rings. The van der Waals surface area contributed by atoms with E-state index in [1.54, 1.807) is 0 Å². The van der Waals surface area contributed by atoms with Crippen LogP contribution in [-0.2, 0) is 19.1 Å². The lowest BCUT2D eigenvalue weighted by atomic mass is 10.1. The number of carbonyl (C=O) groups is 2. The molecular weight excluding hydrogens is 286 g/mol. The van der Waals surface area contributed by atoms with Crippen molar-refractivity contribution in [3.8, 4) is 5.75 Å². The van der Waals surface area contributed by atoms with Crippen LogP contribution in [0.2, 0.25) is 0 Å². The van der Waals surface area contributed by atoms with Gasteiger partial charge in [0.1, 0.15) is 5.57 Å². The Kier molecular flexibility index (Phi) is 3.67. The Morgan fingerprint density at radius 1 is 1.10 bits per heavy atom. The van der Waals surface area contributed by atoms with E-state index in [1.807, 2.05) is 0 Å². The number of esters is 2. The maximum absolute atomic E-state index is 13.8. The van der Waals surface area contributed by atoms with E-state index >= 15 is 0 Å². The van der Waals surface area contributed by atoms with Crippen molar-refractivity contribution in [1.82, 2.24) is 0 Å². The summed E-state index contributed by atoms with van der Waals surface area (Å²) in [4.78, 5) is 23.4. The molecule has 1 heterocycles. The second-order valence-corrected chi connectivity index (χ2v) is 4.72. The minimum Gasteiger partial charge on any atom is -0.494 e. The van der Waals surface area contributed by atoms with E-state index in [9.17, 15) is 18.4 Å². The summed E-state index contributed by atoms with van der Waals surface area (Å²) in [5, 5.41) is 0. The SMILES string of the molecule is COc1ccc(C=C2C(=O)OC(C)(C)OC2=O)c(F)c1F. The predicted molar refractivity (Wildman–Crippen MR) is 67.2 cm³/mol. The Bertz CT molecular complexity index is 627. The van der Waals surface area contributed by atoms with Crippen LogP contribution in [0.3, 0.4) is 0 Å². The van der Waals surface area contributed by atoms with E-state index in [0.29, 0.717) is 0 Å². The second-order valence-electron chi connectivity index (χ2n) is 4.72. The highest BCUT2D eigenvalue weighted by molar-refractivity contribution is 6.18. The zero-order valence-electron chi connectivity index (χ0n) is 11.5. The smallest absolute Gasteiger partial charge is 0.348 e. The van der Waals surface area contributed by atoms with Gasteiger partial charge < -0.3 is 14.2 Å². The summed E-state index contributed by atoms with van der Waals surface area (Å²) in [6.07, 6.45) is 0.873. The molecule has 0 bridgehead atoms. The van der Waals surface area contributed by atoms with Crippen LogP contribution in [0.5, 0.6) is 5.75 Å². The average molecular weight is 298 g/mol. The van der Waals surface area contributed by atoms with Gasteiger partial charge in [0.15, 0.2) is 11.6 Å². The summed E-state index contributed by atoms with van der Waals surface area (Å²) in [5.41, 5.74) is -0.810. The molecule has 0 spiro atoms. The molecule has 0 atom stereocenters. The number of rotatable bonds is 2. The van der Waals surface area contributed by atoms with Crippen molar-refractivity contribution in [2.75, 3.05) is 7.11 Å². The number of cyclic esters (lactones) is 2. The molecule has 5 nitrogen and oxygen atoms in total. The van der Waals surface area contributed by atoms with Crippen LogP contribution in [0.1, 0.15) is 19.4 Å². The molecule has 0 aliphatic carbocycles. The van der Waals surface area contributed by atoms with Gasteiger partial charge in [0, 0.05) is 19.4 Å². The van der Waals surface area contributed by atoms with Crippen LogP contribution >= 0.6 is 0 Å². The maximum atomic E-state index is 13.8. The maximum Gasteiger partial charge on any atom is 0.348 e. The minimum atomic E-state index is -1.39. The van der Waals surface area contributed by atoms with Gasteiger partial charge in [-0.15, -0.1) is 0 Å². The summed E-state index contributed by atoms with van der Waals surface area (Å²) < 4.78 is 41.7. The first-order valence-corrected chi connectivity index (χ1v) is 5.95. The van der Waals surface area contributed by atoms with Crippen LogP contribution < -0.4 is 4.74 Å². The molecule has 0 amide bonds. The average Bonchev–Trinajstić information content (AvgIpc) is 2.37. The molecule has 1 saturated heterocycles. The molecular formula is C14H12F2O5. The number of hydrogen-bond acceptors (Lipinski definition) is 5. The molecule has 1 fully saturated rings. The summed E-state index contributed by atoms with van der Waals surface area (Å²) in [7, 11) is 1.19. The van der Waals surface area contributed by atoms with Crippen molar-refractivity contribution in [3.05, 3.63) is 34.9 Å². The second kappa shape index (κ2) is 5.16. The van der Waals surface area contributed by atoms with Crippen molar-refractivity contribution in [2.24, 2.45) is 0 Å². The number of halogens is 2. The molecule has 2 rings (SSSR count). The number of ether oxygens (including phenoxy) is 3. The Labute approximate surface area is 119 Å². The van der Waals surface area contributed by atoms with E-state index in [4.69, 9.17) is 9.47 Å². The molecule has 0 N–H and O–H groups in total. The topological polar surface area (TPSA) is 61.8 Å². The van der Waals surface area contributed by atoms with Crippen LogP contribution in [0.15, 0.2) is 17.7 Å². The Balaban J connectivity index is 2.43. The monoisotopic (exact) mass is 298 g/mol. The summed E-state index contributed by atoms with van der Waals surface area (Å²) in [6, 6.07) is 2.35. The Morgan fingerprint density at radius 3 is 2.19 bits per heavy atom. The predicted octanol–water partition coefficient (Wildman–Crippen LogP) is 2.19. The van der Waals surface area contributed by atoms with E-state index in [1.165, 1.54) is 33.1 Å². The third-order valence-electron chi connectivity index (χ3n) is 2.71. The van der Waals surface area contributed by atoms with Crippen LogP contribution in [-0.4, -0.2) is 24.8 Å². The summed E-state index contributed by atoms with van der Waals surface area (Å²) in [5.74, 6) is -6.07. The lowest BCUT2D eigenvalue weighted by Crippen LogP contribution is -2.41. The molecule has 21 heavy (non-hydrogen) atoms. The van der Waals surface area contributed by atoms with Gasteiger partial charge in [-0.05, 0) is 18.2 Å². The van der Waals surface area contributed by atoms with Gasteiger partial charge in [0.25, 0.3) is 5.79 Å². The Morgan fingerprint density at radius 2 is 1.67 bits per heavy atom. The minimum absolute atomic E-state index is 0.287. The highest BCUT2D eigenvalue weighted by Crippen LogP contribution is 2.27. The summed E-state index contributed by atoms with van der Waals surface area (Å²) in [6.45, 7) is 2.76. The highest BCUT2D eigenvalue weighted by atomic mass is 19.2. The van der Waals surface area contributed by atoms with Crippen molar-refractivity contribution < 1.29 is 32.6 Å². The van der Waals surface area contributed by atoms with Gasteiger partial charge >= 0.3 is 11.9 Å². The van der Waals surface area contributed by atoms with Crippen LogP contribution in [0, 0.1) is 11.6 Å². The number of carbonyl (C=O) groups excluding carboxylic acids is 2. The first-order valence-electron chi connectivity index (χ1n) is 5.95. The van der Waals surface area contributed by atoms with Crippen molar-refractivity contribution in [3.63, 3.8) is 0 Å². The van der Waals surface area contributed by atoms with Crippen LogP contribution in [0.4, 0.5) is 8.78 Å². The third-order valence-corrected chi connectivity index (χ3v) is 2.71. The zero-order valence-corrected chi connectivity index (χ0v) is 11.5. The first kappa shape index (κ1) is 15.0. The fraction of sp³-hybridized carbons (Fsp3) is 0.286. The van der Waals surface area contributed by atoms with Crippen LogP contribution in [0.25, 0.3) is 6.08 Å². The fourth-order valence-corrected chi connectivity index (χ4v) is 1.75. The lowest BCUT2D eigenvalue weighted by molar-refractivity contribution is -0.222. The van der Waals surface area contributed by atoms with Gasteiger partial charge in [-0.1, -0.05) is 0 Å². The molecule has 1 aliphatic rings. The third kappa shape index (κ3) is 2.86. The largest absolute Gasteiger partial charge is 0.494 e. The zero-order chi connectivity index (χ0) is 15.8. The standard InChI is InChI=1S/C14H12F2O5/c1-14(2)20-12(17)8(13(18)21-14)6-7-4-5-9(19-3)11(16)10(7)15/h4-6H,1-3H3. The van der Waals surface area contributed by atoms with Gasteiger partial charge in [-0.2, -0.15) is 4.39 Å². The molecule has 112 valence electrons. The molecule has 0 aromatic heterocycles. The Hall–Kier alpha value is -2.44. The molecule has 0 unspecified atom stereocenters. The summed E-state index contributed by atoms with van der Waals surface area (Å²) >= 11 is 0. The molecule has 1 aromatic carbocycles. The highest BCUT2D eigenvalue weighted by Gasteiger charge is 2.39. The number of hydrogen-bond donors (Lipinski definition) is 0. The quantitative estimate of drug-likeness (QED) is 0.476. The molecule has 0 radical (unpaired) electrons. The molecule has 7 heteroatoms. The van der Waals surface area contributed by atoms with E-state index < -0.39 is 34.9 Å². The molecule has 1 aliphatic heterocycles. The number of methoxy groups -OCH3 is 1. The number of benzene rings is 1. The lowest BCUT2D eigenvalue weighted by Gasteiger charge is -2.29. The van der Waals surface area contributed by atoms with Crippen molar-refractivity contribution in [1.29, 1.82) is 0 Å². The van der Waals surface area contributed by atoms with E-state index in [0.717, 1.165) is 6.08 Å². The van der Waals surface area contributed by atoms with Crippen molar-refractivity contribution >= 4 is 18.0 Å². The normalized spacial score (nSPS) is 17.1. The molecule has 0 saturated carbocycles. The first-order chi connectivity index (χ1) is 9.75. The fourth-order valence-electron chi connectivity index (χ4n) is 1.75.